The lowest BCUT2D eigenvalue weighted by Crippen LogP contribution is -2.48. The lowest BCUT2D eigenvalue weighted by atomic mass is 9.48. The van der Waals surface area contributed by atoms with Gasteiger partial charge in [0.05, 0.1) is 13.2 Å². The molecule has 4 saturated carbocycles. The van der Waals surface area contributed by atoms with Gasteiger partial charge in [-0.15, -0.1) is 0 Å². The van der Waals surface area contributed by atoms with E-state index in [1.54, 1.807) is 0 Å². The number of phenolic OH excluding ortho intramolecular Hbond substituents is 1. The molecule has 3 nitrogen and oxygen atoms in total. The number of ether oxygens (including phenoxy) is 2. The van der Waals surface area contributed by atoms with Crippen molar-refractivity contribution in [3.05, 3.63) is 17.7 Å². The molecule has 3 heteroatoms. The number of hydrogen-bond acceptors (Lipinski definition) is 3. The highest BCUT2D eigenvalue weighted by atomic mass is 16.5. The van der Waals surface area contributed by atoms with Crippen LogP contribution in [0.4, 0.5) is 0 Å². The van der Waals surface area contributed by atoms with E-state index >= 15 is 0 Å². The number of benzene rings is 1. The van der Waals surface area contributed by atoms with E-state index in [0.717, 1.165) is 17.8 Å². The molecule has 0 amide bonds. The zero-order valence-electron chi connectivity index (χ0n) is 14.3. The lowest BCUT2D eigenvalue weighted by Gasteiger charge is -2.57. The molecule has 0 spiro atoms. The van der Waals surface area contributed by atoms with Gasteiger partial charge in [0.1, 0.15) is 0 Å². The van der Waals surface area contributed by atoms with Crippen LogP contribution in [0.5, 0.6) is 17.2 Å². The smallest absolute Gasteiger partial charge is 0.200 e. The first-order valence-corrected chi connectivity index (χ1v) is 9.26. The Morgan fingerprint density at radius 3 is 1.74 bits per heavy atom. The summed E-state index contributed by atoms with van der Waals surface area (Å²) < 4.78 is 11.4. The van der Waals surface area contributed by atoms with Gasteiger partial charge in [0, 0.05) is 0 Å². The van der Waals surface area contributed by atoms with Crippen LogP contribution in [0.25, 0.3) is 0 Å². The van der Waals surface area contributed by atoms with Crippen LogP contribution in [0.2, 0.25) is 0 Å². The predicted molar refractivity (Wildman–Crippen MR) is 90.3 cm³/mol. The summed E-state index contributed by atoms with van der Waals surface area (Å²) >= 11 is 0. The van der Waals surface area contributed by atoms with E-state index in [4.69, 9.17) is 9.47 Å². The van der Waals surface area contributed by atoms with Gasteiger partial charge in [-0.05, 0) is 93.2 Å². The van der Waals surface area contributed by atoms with Crippen molar-refractivity contribution in [2.24, 2.45) is 17.8 Å². The van der Waals surface area contributed by atoms with Gasteiger partial charge >= 0.3 is 0 Å². The Hall–Kier alpha value is -1.38. The van der Waals surface area contributed by atoms with E-state index in [9.17, 15) is 5.11 Å². The maximum Gasteiger partial charge on any atom is 0.200 e. The summed E-state index contributed by atoms with van der Waals surface area (Å²) in [5, 5.41) is 10.4. The third-order valence-electron chi connectivity index (χ3n) is 6.29. The quantitative estimate of drug-likeness (QED) is 0.859. The predicted octanol–water partition coefficient (Wildman–Crippen LogP) is 4.66. The molecule has 0 aromatic heterocycles. The van der Waals surface area contributed by atoms with Crippen LogP contribution in [0, 0.1) is 17.8 Å². The summed E-state index contributed by atoms with van der Waals surface area (Å²) in [6.07, 6.45) is 8.23. The minimum atomic E-state index is 0.155. The van der Waals surface area contributed by atoms with E-state index in [1.165, 1.54) is 44.1 Å². The van der Waals surface area contributed by atoms with Crippen LogP contribution < -0.4 is 9.47 Å². The van der Waals surface area contributed by atoms with Crippen molar-refractivity contribution >= 4 is 0 Å². The molecule has 5 rings (SSSR count). The Bertz CT molecular complexity index is 530. The van der Waals surface area contributed by atoms with Crippen molar-refractivity contribution in [2.75, 3.05) is 13.2 Å². The van der Waals surface area contributed by atoms with E-state index in [-0.39, 0.29) is 5.75 Å². The van der Waals surface area contributed by atoms with Crippen LogP contribution >= 0.6 is 0 Å². The number of phenols is 1. The fourth-order valence-corrected chi connectivity index (χ4v) is 5.88. The standard InChI is InChI=1S/C20H28O3/c1-3-22-17-8-16(9-18(19(17)21)23-4-2)20-10-13-5-14(11-20)7-15(6-13)12-20/h8-9,13-15,21H,3-7,10-12H2,1-2H3. The molecule has 0 heterocycles. The average Bonchev–Trinajstić information content (AvgIpc) is 2.50. The van der Waals surface area contributed by atoms with E-state index < -0.39 is 0 Å². The molecule has 23 heavy (non-hydrogen) atoms. The fraction of sp³-hybridized carbons (Fsp3) is 0.700. The zero-order valence-corrected chi connectivity index (χ0v) is 14.3. The van der Waals surface area contributed by atoms with Gasteiger partial charge in [-0.3, -0.25) is 0 Å². The second-order valence-corrected chi connectivity index (χ2v) is 7.89. The molecule has 1 aromatic rings. The van der Waals surface area contributed by atoms with Crippen LogP contribution in [-0.2, 0) is 5.41 Å². The molecule has 0 unspecified atom stereocenters. The molecule has 4 aliphatic rings. The Morgan fingerprint density at radius 2 is 1.35 bits per heavy atom. The third-order valence-corrected chi connectivity index (χ3v) is 6.29. The Labute approximate surface area is 139 Å². The summed E-state index contributed by atoms with van der Waals surface area (Å²) in [7, 11) is 0. The summed E-state index contributed by atoms with van der Waals surface area (Å²) in [6.45, 7) is 5.03. The summed E-state index contributed by atoms with van der Waals surface area (Å²) in [5.74, 6) is 4.04. The minimum absolute atomic E-state index is 0.155. The molecule has 0 aliphatic heterocycles. The maximum atomic E-state index is 10.4. The Kier molecular flexibility index (Phi) is 3.70. The molecule has 4 bridgehead atoms. The van der Waals surface area contributed by atoms with E-state index in [0.29, 0.717) is 30.1 Å². The van der Waals surface area contributed by atoms with Crippen molar-refractivity contribution in [3.8, 4) is 17.2 Å². The Balaban J connectivity index is 1.75. The van der Waals surface area contributed by atoms with E-state index in [2.05, 4.69) is 12.1 Å². The molecule has 1 aromatic carbocycles. The topological polar surface area (TPSA) is 38.7 Å². The SMILES string of the molecule is CCOc1cc(C23CC4CC(CC(C4)C2)C3)cc(OCC)c1O. The van der Waals surface area contributed by atoms with Gasteiger partial charge in [-0.1, -0.05) is 0 Å². The molecule has 0 saturated heterocycles. The molecule has 0 atom stereocenters. The lowest BCUT2D eigenvalue weighted by molar-refractivity contribution is -0.00541. The number of aromatic hydroxyl groups is 1. The van der Waals surface area contributed by atoms with Gasteiger partial charge < -0.3 is 14.6 Å². The van der Waals surface area contributed by atoms with Crippen molar-refractivity contribution in [3.63, 3.8) is 0 Å². The fourth-order valence-electron chi connectivity index (χ4n) is 5.88. The summed E-state index contributed by atoms with van der Waals surface area (Å²) in [4.78, 5) is 0. The highest BCUT2D eigenvalue weighted by Crippen LogP contribution is 2.61. The maximum absolute atomic E-state index is 10.4. The highest BCUT2D eigenvalue weighted by molar-refractivity contribution is 5.54. The normalized spacial score (nSPS) is 34.6. The monoisotopic (exact) mass is 316 g/mol. The van der Waals surface area contributed by atoms with Crippen LogP contribution in [-0.4, -0.2) is 18.3 Å². The van der Waals surface area contributed by atoms with Gasteiger partial charge in [-0.2, -0.15) is 0 Å². The summed E-state index contributed by atoms with van der Waals surface area (Å²) in [6, 6.07) is 4.18. The molecule has 4 fully saturated rings. The molecule has 0 radical (unpaired) electrons. The van der Waals surface area contributed by atoms with Gasteiger partial charge in [0.2, 0.25) is 5.75 Å². The van der Waals surface area contributed by atoms with Crippen LogP contribution in [0.15, 0.2) is 12.1 Å². The number of hydrogen-bond donors (Lipinski definition) is 1. The van der Waals surface area contributed by atoms with Crippen LogP contribution in [0.1, 0.15) is 57.9 Å². The number of rotatable bonds is 5. The Morgan fingerprint density at radius 1 is 0.913 bits per heavy atom. The van der Waals surface area contributed by atoms with Gasteiger partial charge in [0.25, 0.3) is 0 Å². The average molecular weight is 316 g/mol. The first-order chi connectivity index (χ1) is 11.1. The zero-order chi connectivity index (χ0) is 16.0. The van der Waals surface area contributed by atoms with Crippen molar-refractivity contribution in [1.29, 1.82) is 0 Å². The highest BCUT2D eigenvalue weighted by Gasteiger charge is 2.51. The minimum Gasteiger partial charge on any atom is -0.502 e. The molecule has 126 valence electrons. The summed E-state index contributed by atoms with van der Waals surface area (Å²) in [5.41, 5.74) is 1.63. The van der Waals surface area contributed by atoms with Crippen molar-refractivity contribution in [2.45, 2.75) is 57.8 Å². The van der Waals surface area contributed by atoms with Crippen molar-refractivity contribution < 1.29 is 14.6 Å². The first-order valence-electron chi connectivity index (χ1n) is 9.26. The molecule has 4 aliphatic carbocycles. The van der Waals surface area contributed by atoms with Crippen LogP contribution in [0.3, 0.4) is 0 Å². The van der Waals surface area contributed by atoms with E-state index in [1.807, 2.05) is 13.8 Å². The molecular weight excluding hydrogens is 288 g/mol. The second kappa shape index (κ2) is 5.61. The largest absolute Gasteiger partial charge is 0.502 e. The third kappa shape index (κ3) is 2.49. The van der Waals surface area contributed by atoms with Crippen molar-refractivity contribution in [1.82, 2.24) is 0 Å². The van der Waals surface area contributed by atoms with Gasteiger partial charge in [0.15, 0.2) is 11.5 Å². The molecule has 1 N–H and O–H groups in total. The first kappa shape index (κ1) is 15.2. The molecular formula is C20H28O3. The van der Waals surface area contributed by atoms with Gasteiger partial charge in [-0.25, -0.2) is 0 Å². The second-order valence-electron chi connectivity index (χ2n) is 7.89.